The molecule has 1 aliphatic heterocycles. The molecule has 4 heteroatoms. The Balaban J connectivity index is 1.86. The molecule has 2 unspecified atom stereocenters. The highest BCUT2D eigenvalue weighted by Crippen LogP contribution is 2.21. The van der Waals surface area contributed by atoms with E-state index in [2.05, 4.69) is 17.2 Å². The summed E-state index contributed by atoms with van der Waals surface area (Å²) in [6.45, 7) is 2.91. The van der Waals surface area contributed by atoms with Gasteiger partial charge in [0.15, 0.2) is 5.15 Å². The quantitative estimate of drug-likeness (QED) is 0.805. The summed E-state index contributed by atoms with van der Waals surface area (Å²) in [4.78, 5) is 4.00. The smallest absolute Gasteiger partial charge is 0.152 e. The Labute approximate surface area is 94.8 Å². The lowest BCUT2D eigenvalue weighted by atomic mass is 10.2. The van der Waals surface area contributed by atoms with E-state index < -0.39 is 0 Å². The zero-order valence-electron chi connectivity index (χ0n) is 8.74. The molecular weight excluding hydrogens is 212 g/mol. The molecule has 1 aromatic heterocycles. The van der Waals surface area contributed by atoms with Crippen molar-refractivity contribution in [1.29, 1.82) is 0 Å². The van der Waals surface area contributed by atoms with Crippen molar-refractivity contribution < 1.29 is 4.74 Å². The summed E-state index contributed by atoms with van der Waals surface area (Å²) < 4.78 is 5.70. The van der Waals surface area contributed by atoms with Crippen molar-refractivity contribution >= 4 is 17.3 Å². The van der Waals surface area contributed by atoms with Crippen LogP contribution >= 0.6 is 11.6 Å². The number of ether oxygens (including phenoxy) is 1. The summed E-state index contributed by atoms with van der Waals surface area (Å²) in [6, 6.07) is 3.79. The van der Waals surface area contributed by atoms with Crippen LogP contribution in [0.4, 0.5) is 5.69 Å². The molecular formula is C11H15ClN2O. The van der Waals surface area contributed by atoms with Crippen molar-refractivity contribution in [1.82, 2.24) is 4.98 Å². The van der Waals surface area contributed by atoms with E-state index in [-0.39, 0.29) is 0 Å². The molecule has 0 spiro atoms. The number of nitrogens with zero attached hydrogens (tertiary/aromatic N) is 1. The van der Waals surface area contributed by atoms with Gasteiger partial charge >= 0.3 is 0 Å². The van der Waals surface area contributed by atoms with Gasteiger partial charge in [-0.15, -0.1) is 0 Å². The Hall–Kier alpha value is -0.800. The van der Waals surface area contributed by atoms with Gasteiger partial charge < -0.3 is 10.1 Å². The van der Waals surface area contributed by atoms with Crippen LogP contribution in [0.2, 0.25) is 5.15 Å². The number of hydrogen-bond donors (Lipinski definition) is 1. The molecule has 2 atom stereocenters. The Kier molecular flexibility index (Phi) is 3.44. The molecule has 0 radical (unpaired) electrons. The standard InChI is InChI=1S/C11H15ClN2O/c1-8-4-5-9(15-8)7-14-10-3-2-6-13-11(10)12/h2-3,6,8-9,14H,4-5,7H2,1H3. The molecule has 82 valence electrons. The number of nitrogens with one attached hydrogen (secondary N) is 1. The van der Waals surface area contributed by atoms with Crippen LogP contribution in [-0.2, 0) is 4.74 Å². The van der Waals surface area contributed by atoms with E-state index in [4.69, 9.17) is 16.3 Å². The van der Waals surface area contributed by atoms with Gasteiger partial charge in [-0.2, -0.15) is 0 Å². The van der Waals surface area contributed by atoms with Crippen LogP contribution in [0.3, 0.4) is 0 Å². The third-order valence-corrected chi connectivity index (χ3v) is 2.90. The zero-order chi connectivity index (χ0) is 10.7. The van der Waals surface area contributed by atoms with Gasteiger partial charge in [-0.3, -0.25) is 0 Å². The molecule has 2 rings (SSSR count). The summed E-state index contributed by atoms with van der Waals surface area (Å²) >= 11 is 5.92. The highest BCUT2D eigenvalue weighted by atomic mass is 35.5. The lowest BCUT2D eigenvalue weighted by Crippen LogP contribution is -2.19. The molecule has 1 saturated heterocycles. The number of aromatic nitrogens is 1. The number of hydrogen-bond acceptors (Lipinski definition) is 3. The highest BCUT2D eigenvalue weighted by molar-refractivity contribution is 6.31. The minimum atomic E-state index is 0.302. The largest absolute Gasteiger partial charge is 0.380 e. The molecule has 0 aliphatic carbocycles. The van der Waals surface area contributed by atoms with E-state index in [0.29, 0.717) is 17.4 Å². The molecule has 0 saturated carbocycles. The molecule has 15 heavy (non-hydrogen) atoms. The Morgan fingerprint density at radius 3 is 3.13 bits per heavy atom. The first-order chi connectivity index (χ1) is 7.25. The number of halogens is 1. The maximum Gasteiger partial charge on any atom is 0.152 e. The molecule has 3 nitrogen and oxygen atoms in total. The van der Waals surface area contributed by atoms with Crippen LogP contribution in [0.5, 0.6) is 0 Å². The SMILES string of the molecule is CC1CCC(CNc2cccnc2Cl)O1. The number of anilines is 1. The third kappa shape index (κ3) is 2.83. The van der Waals surface area contributed by atoms with Gasteiger partial charge in [-0.05, 0) is 31.9 Å². The summed E-state index contributed by atoms with van der Waals surface area (Å²) in [5.74, 6) is 0. The second-order valence-electron chi connectivity index (χ2n) is 3.87. The van der Waals surface area contributed by atoms with E-state index >= 15 is 0 Å². The lowest BCUT2D eigenvalue weighted by molar-refractivity contribution is 0.0637. The van der Waals surface area contributed by atoms with Crippen LogP contribution in [0.25, 0.3) is 0 Å². The van der Waals surface area contributed by atoms with E-state index in [9.17, 15) is 0 Å². The van der Waals surface area contributed by atoms with E-state index in [1.54, 1.807) is 6.20 Å². The molecule has 2 heterocycles. The van der Waals surface area contributed by atoms with Crippen LogP contribution in [0.15, 0.2) is 18.3 Å². The van der Waals surface area contributed by atoms with E-state index in [1.807, 2.05) is 12.1 Å². The molecule has 1 aromatic rings. The van der Waals surface area contributed by atoms with Crippen molar-refractivity contribution in [3.8, 4) is 0 Å². The second kappa shape index (κ2) is 4.81. The van der Waals surface area contributed by atoms with Gasteiger partial charge in [0.1, 0.15) is 0 Å². The summed E-state index contributed by atoms with van der Waals surface area (Å²) in [5.41, 5.74) is 0.877. The predicted octanol–water partition coefficient (Wildman–Crippen LogP) is 2.71. The summed E-state index contributed by atoms with van der Waals surface area (Å²) in [5, 5.41) is 3.77. The van der Waals surface area contributed by atoms with Crippen LogP contribution < -0.4 is 5.32 Å². The Bertz CT molecular complexity index is 332. The Morgan fingerprint density at radius 2 is 2.47 bits per heavy atom. The van der Waals surface area contributed by atoms with E-state index in [1.165, 1.54) is 0 Å². The molecule has 1 aliphatic rings. The zero-order valence-corrected chi connectivity index (χ0v) is 9.50. The normalized spacial score (nSPS) is 25.5. The van der Waals surface area contributed by atoms with Crippen molar-refractivity contribution in [3.63, 3.8) is 0 Å². The van der Waals surface area contributed by atoms with Crippen LogP contribution in [-0.4, -0.2) is 23.7 Å². The number of rotatable bonds is 3. The third-order valence-electron chi connectivity index (χ3n) is 2.60. The van der Waals surface area contributed by atoms with Crippen molar-refractivity contribution in [2.45, 2.75) is 32.0 Å². The Morgan fingerprint density at radius 1 is 1.60 bits per heavy atom. The minimum absolute atomic E-state index is 0.302. The van der Waals surface area contributed by atoms with E-state index in [0.717, 1.165) is 25.1 Å². The average Bonchev–Trinajstić information content (AvgIpc) is 2.63. The van der Waals surface area contributed by atoms with Gasteiger partial charge in [-0.25, -0.2) is 4.98 Å². The minimum Gasteiger partial charge on any atom is -0.380 e. The first-order valence-electron chi connectivity index (χ1n) is 5.25. The second-order valence-corrected chi connectivity index (χ2v) is 4.23. The summed E-state index contributed by atoms with van der Waals surface area (Å²) in [6.07, 6.45) is 4.64. The van der Waals surface area contributed by atoms with Crippen LogP contribution in [0.1, 0.15) is 19.8 Å². The molecule has 0 aromatic carbocycles. The maximum atomic E-state index is 5.92. The first kappa shape index (κ1) is 10.7. The fourth-order valence-corrected chi connectivity index (χ4v) is 1.96. The average molecular weight is 227 g/mol. The number of pyridine rings is 1. The van der Waals surface area contributed by atoms with Crippen molar-refractivity contribution in [3.05, 3.63) is 23.5 Å². The fourth-order valence-electron chi connectivity index (χ4n) is 1.78. The molecule has 1 fully saturated rings. The fraction of sp³-hybridized carbons (Fsp3) is 0.545. The van der Waals surface area contributed by atoms with Crippen molar-refractivity contribution in [2.24, 2.45) is 0 Å². The van der Waals surface area contributed by atoms with Gasteiger partial charge in [0.05, 0.1) is 17.9 Å². The van der Waals surface area contributed by atoms with Gasteiger partial charge in [0.25, 0.3) is 0 Å². The van der Waals surface area contributed by atoms with Gasteiger partial charge in [-0.1, -0.05) is 11.6 Å². The van der Waals surface area contributed by atoms with Crippen molar-refractivity contribution in [2.75, 3.05) is 11.9 Å². The predicted molar refractivity (Wildman–Crippen MR) is 61.3 cm³/mol. The maximum absolute atomic E-state index is 5.92. The monoisotopic (exact) mass is 226 g/mol. The highest BCUT2D eigenvalue weighted by Gasteiger charge is 2.21. The lowest BCUT2D eigenvalue weighted by Gasteiger charge is -2.13. The molecule has 1 N–H and O–H groups in total. The summed E-state index contributed by atoms with van der Waals surface area (Å²) in [7, 11) is 0. The first-order valence-corrected chi connectivity index (χ1v) is 5.63. The van der Waals surface area contributed by atoms with Gasteiger partial charge in [0.2, 0.25) is 0 Å². The van der Waals surface area contributed by atoms with Gasteiger partial charge in [0, 0.05) is 12.7 Å². The molecule has 0 amide bonds. The van der Waals surface area contributed by atoms with Crippen LogP contribution in [0, 0.1) is 0 Å². The molecule has 0 bridgehead atoms. The topological polar surface area (TPSA) is 34.2 Å².